The molecule has 5 rings (SSSR count). The number of fused-ring (bicyclic) bond motifs is 3. The lowest BCUT2D eigenvalue weighted by atomic mass is 10.1. The normalized spacial score (nSPS) is 10.6. The highest BCUT2D eigenvalue weighted by Gasteiger charge is 2.15. The Morgan fingerprint density at radius 1 is 0.567 bits per heavy atom. The molecule has 0 saturated carbocycles. The van der Waals surface area contributed by atoms with Gasteiger partial charge in [0.15, 0.2) is 0 Å². The topological polar surface area (TPSA) is 50.8 Å². The van der Waals surface area contributed by atoms with E-state index in [4.69, 9.17) is 10.5 Å². The minimum absolute atomic E-state index is 0.623. The number of anilines is 3. The third-order valence-electron chi connectivity index (χ3n) is 5.13. The van der Waals surface area contributed by atoms with Crippen molar-refractivity contribution in [1.29, 1.82) is 10.5 Å². The maximum Gasteiger partial charge on any atom is 0.0991 e. The quantitative estimate of drug-likeness (QED) is 0.319. The SMILES string of the molecule is N#Cc1ccc(N(c2ccc(C#N)cc2)c2ccc3sc4ccccc4c3c2)cc1. The van der Waals surface area contributed by atoms with Crippen LogP contribution in [0.1, 0.15) is 11.1 Å². The zero-order valence-corrected chi connectivity index (χ0v) is 16.7. The maximum atomic E-state index is 9.16. The average Bonchev–Trinajstić information content (AvgIpc) is 3.18. The van der Waals surface area contributed by atoms with E-state index in [1.54, 1.807) is 11.3 Å². The molecule has 0 fully saturated rings. The van der Waals surface area contributed by atoms with Crippen LogP contribution in [0.15, 0.2) is 91.0 Å². The minimum atomic E-state index is 0.623. The third-order valence-corrected chi connectivity index (χ3v) is 6.28. The van der Waals surface area contributed by atoms with E-state index in [0.29, 0.717) is 11.1 Å². The molecule has 30 heavy (non-hydrogen) atoms. The van der Waals surface area contributed by atoms with Gasteiger partial charge in [-0.2, -0.15) is 10.5 Å². The van der Waals surface area contributed by atoms with Gasteiger partial charge in [0, 0.05) is 37.2 Å². The number of nitrogens with zero attached hydrogens (tertiary/aromatic N) is 3. The molecule has 0 atom stereocenters. The van der Waals surface area contributed by atoms with Crippen molar-refractivity contribution >= 4 is 48.6 Å². The fraction of sp³-hybridized carbons (Fsp3) is 0. The number of thiophene rings is 1. The first kappa shape index (κ1) is 17.9. The highest BCUT2D eigenvalue weighted by molar-refractivity contribution is 7.25. The Labute approximate surface area is 178 Å². The molecule has 0 amide bonds. The zero-order chi connectivity index (χ0) is 20.5. The molecule has 0 aliphatic heterocycles. The molecule has 0 unspecified atom stereocenters. The number of benzene rings is 4. The second-order valence-corrected chi connectivity index (χ2v) is 8.02. The van der Waals surface area contributed by atoms with Gasteiger partial charge in [0.1, 0.15) is 0 Å². The average molecular weight is 401 g/mol. The number of hydrogen-bond acceptors (Lipinski definition) is 4. The van der Waals surface area contributed by atoms with Gasteiger partial charge in [0.05, 0.1) is 23.3 Å². The summed E-state index contributed by atoms with van der Waals surface area (Å²) in [7, 11) is 0. The van der Waals surface area contributed by atoms with Gasteiger partial charge >= 0.3 is 0 Å². The summed E-state index contributed by atoms with van der Waals surface area (Å²) in [5.74, 6) is 0. The lowest BCUT2D eigenvalue weighted by Gasteiger charge is -2.25. The molecule has 4 heteroatoms. The minimum Gasteiger partial charge on any atom is -0.310 e. The fourth-order valence-electron chi connectivity index (χ4n) is 3.67. The Morgan fingerprint density at radius 3 is 1.70 bits per heavy atom. The summed E-state index contributed by atoms with van der Waals surface area (Å²) in [6, 6.07) is 34.4. The van der Waals surface area contributed by atoms with Crippen molar-refractivity contribution in [2.24, 2.45) is 0 Å². The molecule has 140 valence electrons. The number of hydrogen-bond donors (Lipinski definition) is 0. The van der Waals surface area contributed by atoms with Crippen LogP contribution in [0.5, 0.6) is 0 Å². The number of nitriles is 2. The van der Waals surface area contributed by atoms with E-state index in [1.165, 1.54) is 20.2 Å². The van der Waals surface area contributed by atoms with Crippen LogP contribution >= 0.6 is 11.3 Å². The van der Waals surface area contributed by atoms with E-state index in [1.807, 2.05) is 48.5 Å². The summed E-state index contributed by atoms with van der Waals surface area (Å²) in [6.45, 7) is 0. The molecule has 0 N–H and O–H groups in total. The summed E-state index contributed by atoms with van der Waals surface area (Å²) in [6.07, 6.45) is 0. The van der Waals surface area contributed by atoms with Crippen LogP contribution in [0.25, 0.3) is 20.2 Å². The van der Waals surface area contributed by atoms with E-state index in [2.05, 4.69) is 59.5 Å². The van der Waals surface area contributed by atoms with Gasteiger partial charge < -0.3 is 4.90 Å². The molecule has 3 nitrogen and oxygen atoms in total. The molecule has 1 aromatic heterocycles. The van der Waals surface area contributed by atoms with E-state index >= 15 is 0 Å². The Morgan fingerprint density at radius 2 is 1.10 bits per heavy atom. The summed E-state index contributed by atoms with van der Waals surface area (Å²) in [5.41, 5.74) is 4.19. The first-order chi connectivity index (χ1) is 14.8. The van der Waals surface area contributed by atoms with Crippen molar-refractivity contribution in [2.45, 2.75) is 0 Å². The van der Waals surface area contributed by atoms with Crippen LogP contribution in [0, 0.1) is 22.7 Å². The molecule has 0 aliphatic rings. The zero-order valence-electron chi connectivity index (χ0n) is 15.9. The highest BCUT2D eigenvalue weighted by atomic mass is 32.1. The second-order valence-electron chi connectivity index (χ2n) is 6.93. The molecule has 4 aromatic carbocycles. The predicted octanol–water partition coefficient (Wildman–Crippen LogP) is 7.27. The Bertz CT molecular complexity index is 1390. The van der Waals surface area contributed by atoms with Gasteiger partial charge in [0.2, 0.25) is 0 Å². The molecule has 0 spiro atoms. The third kappa shape index (κ3) is 3.06. The number of rotatable bonds is 3. The predicted molar refractivity (Wildman–Crippen MR) is 123 cm³/mol. The molecule has 0 saturated heterocycles. The molecule has 1 heterocycles. The second kappa shape index (κ2) is 7.37. The van der Waals surface area contributed by atoms with Crippen molar-refractivity contribution in [3.63, 3.8) is 0 Å². The maximum absolute atomic E-state index is 9.16. The van der Waals surface area contributed by atoms with E-state index in [0.717, 1.165) is 17.1 Å². The van der Waals surface area contributed by atoms with Crippen molar-refractivity contribution in [3.05, 3.63) is 102 Å². The van der Waals surface area contributed by atoms with Gasteiger partial charge in [-0.15, -0.1) is 11.3 Å². The fourth-order valence-corrected chi connectivity index (χ4v) is 4.76. The summed E-state index contributed by atoms with van der Waals surface area (Å²) in [5, 5.41) is 20.8. The van der Waals surface area contributed by atoms with Crippen LogP contribution in [0.3, 0.4) is 0 Å². The first-order valence-electron chi connectivity index (χ1n) is 9.48. The van der Waals surface area contributed by atoms with E-state index < -0.39 is 0 Å². The van der Waals surface area contributed by atoms with Gasteiger partial charge in [-0.25, -0.2) is 0 Å². The molecule has 0 bridgehead atoms. The molecular weight excluding hydrogens is 386 g/mol. The van der Waals surface area contributed by atoms with E-state index in [9.17, 15) is 0 Å². The van der Waals surface area contributed by atoms with Gasteiger partial charge in [-0.1, -0.05) is 18.2 Å². The van der Waals surface area contributed by atoms with Crippen molar-refractivity contribution < 1.29 is 0 Å². The standard InChI is InChI=1S/C26H15N3S/c27-16-18-5-9-20(10-6-18)29(21-11-7-19(17-28)8-12-21)22-13-14-26-24(15-22)23-3-1-2-4-25(23)30-26/h1-15H. The molecular formula is C26H15N3S. The van der Waals surface area contributed by atoms with Crippen molar-refractivity contribution in [1.82, 2.24) is 0 Å². The first-order valence-corrected chi connectivity index (χ1v) is 10.3. The lowest BCUT2D eigenvalue weighted by molar-refractivity contribution is 1.28. The monoisotopic (exact) mass is 401 g/mol. The van der Waals surface area contributed by atoms with Crippen LogP contribution in [0.2, 0.25) is 0 Å². The van der Waals surface area contributed by atoms with E-state index in [-0.39, 0.29) is 0 Å². The lowest BCUT2D eigenvalue weighted by Crippen LogP contribution is -2.09. The van der Waals surface area contributed by atoms with Crippen LogP contribution in [-0.2, 0) is 0 Å². The Balaban J connectivity index is 1.71. The highest BCUT2D eigenvalue weighted by Crippen LogP contribution is 2.40. The summed E-state index contributed by atoms with van der Waals surface area (Å²) in [4.78, 5) is 2.15. The molecule has 0 radical (unpaired) electrons. The van der Waals surface area contributed by atoms with Gasteiger partial charge in [-0.05, 0) is 72.8 Å². The largest absolute Gasteiger partial charge is 0.310 e. The summed E-state index contributed by atoms with van der Waals surface area (Å²) >= 11 is 1.79. The van der Waals surface area contributed by atoms with Crippen LogP contribution in [-0.4, -0.2) is 0 Å². The molecule has 0 aliphatic carbocycles. The van der Waals surface area contributed by atoms with Gasteiger partial charge in [-0.3, -0.25) is 0 Å². The summed E-state index contributed by atoms with van der Waals surface area (Å²) < 4.78 is 2.52. The van der Waals surface area contributed by atoms with Gasteiger partial charge in [0.25, 0.3) is 0 Å². The smallest absolute Gasteiger partial charge is 0.0991 e. The van der Waals surface area contributed by atoms with Crippen LogP contribution in [0.4, 0.5) is 17.1 Å². The van der Waals surface area contributed by atoms with Crippen LogP contribution < -0.4 is 4.90 Å². The molecule has 5 aromatic rings. The Hall–Kier alpha value is -4.12. The van der Waals surface area contributed by atoms with Crippen molar-refractivity contribution in [3.8, 4) is 12.1 Å². The Kier molecular flexibility index (Phi) is 4.41. The van der Waals surface area contributed by atoms with Crippen molar-refractivity contribution in [2.75, 3.05) is 4.90 Å².